The minimum atomic E-state index is 0.578. The van der Waals surface area contributed by atoms with Gasteiger partial charge in [0.25, 0.3) is 0 Å². The molecule has 1 aliphatic heterocycles. The van der Waals surface area contributed by atoms with Gasteiger partial charge in [-0.15, -0.1) is 10.2 Å². The van der Waals surface area contributed by atoms with Crippen LogP contribution in [-0.4, -0.2) is 50.7 Å². The first kappa shape index (κ1) is 17.0. The molecule has 6 nitrogen and oxygen atoms in total. The number of benzene rings is 1. The van der Waals surface area contributed by atoms with E-state index in [1.165, 1.54) is 18.4 Å². The molecule has 1 saturated carbocycles. The van der Waals surface area contributed by atoms with Crippen molar-refractivity contribution >= 4 is 23.1 Å². The molecule has 1 aromatic carbocycles. The summed E-state index contributed by atoms with van der Waals surface area (Å²) in [7, 11) is 0. The van der Waals surface area contributed by atoms with E-state index in [1.807, 2.05) is 24.5 Å². The van der Waals surface area contributed by atoms with Gasteiger partial charge in [-0.1, -0.05) is 23.7 Å². The van der Waals surface area contributed by atoms with E-state index in [0.717, 1.165) is 61.5 Å². The Morgan fingerprint density at radius 2 is 1.85 bits per heavy atom. The van der Waals surface area contributed by atoms with Crippen molar-refractivity contribution in [2.45, 2.75) is 31.7 Å². The lowest BCUT2D eigenvalue weighted by Crippen LogP contribution is -2.31. The van der Waals surface area contributed by atoms with E-state index < -0.39 is 0 Å². The predicted molar refractivity (Wildman–Crippen MR) is 106 cm³/mol. The van der Waals surface area contributed by atoms with E-state index in [0.29, 0.717) is 5.92 Å². The number of fused-ring (bicyclic) bond motifs is 1. The molecule has 0 amide bonds. The molecule has 2 aromatic heterocycles. The summed E-state index contributed by atoms with van der Waals surface area (Å²) < 4.78 is 2.14. The number of hydrogen-bond acceptors (Lipinski definition) is 5. The average molecular weight is 383 g/mol. The zero-order chi connectivity index (χ0) is 18.2. The summed E-state index contributed by atoms with van der Waals surface area (Å²) in [6.07, 6.45) is 7.44. The maximum Gasteiger partial charge on any atom is 0.203 e. The first-order valence-corrected chi connectivity index (χ1v) is 10.1. The molecule has 3 aromatic rings. The van der Waals surface area contributed by atoms with E-state index in [4.69, 9.17) is 11.6 Å². The topological polar surface area (TPSA) is 49.6 Å². The number of hydrogen-bond donors (Lipinski definition) is 0. The Labute approximate surface area is 163 Å². The van der Waals surface area contributed by atoms with Crippen LogP contribution in [0.5, 0.6) is 0 Å². The number of rotatable bonds is 4. The first-order chi connectivity index (χ1) is 13.3. The Hall–Kier alpha value is -2.18. The van der Waals surface area contributed by atoms with E-state index in [1.54, 1.807) is 0 Å². The summed E-state index contributed by atoms with van der Waals surface area (Å²) in [6.45, 7) is 5.00. The van der Waals surface area contributed by atoms with Crippen LogP contribution in [0.4, 0.5) is 5.82 Å². The van der Waals surface area contributed by atoms with E-state index in [-0.39, 0.29) is 0 Å². The Morgan fingerprint density at radius 3 is 2.67 bits per heavy atom. The molecule has 1 saturated heterocycles. The predicted octanol–water partition coefficient (Wildman–Crippen LogP) is 3.37. The molecule has 2 fully saturated rings. The van der Waals surface area contributed by atoms with E-state index in [9.17, 15) is 0 Å². The molecular formula is C20H23ClN6. The van der Waals surface area contributed by atoms with E-state index in [2.05, 4.69) is 41.5 Å². The first-order valence-electron chi connectivity index (χ1n) is 9.69. The second-order valence-corrected chi connectivity index (χ2v) is 7.96. The highest BCUT2D eigenvalue weighted by atomic mass is 35.5. The van der Waals surface area contributed by atoms with Crippen LogP contribution in [0.3, 0.4) is 0 Å². The molecule has 0 N–H and O–H groups in total. The van der Waals surface area contributed by atoms with Gasteiger partial charge in [0.2, 0.25) is 5.65 Å². The summed E-state index contributed by atoms with van der Waals surface area (Å²) in [4.78, 5) is 9.52. The highest BCUT2D eigenvalue weighted by molar-refractivity contribution is 6.30. The van der Waals surface area contributed by atoms with E-state index >= 15 is 0 Å². The molecular weight excluding hydrogens is 360 g/mol. The third-order valence-electron chi connectivity index (χ3n) is 5.48. The fourth-order valence-corrected chi connectivity index (χ4v) is 3.99. The smallest absolute Gasteiger partial charge is 0.203 e. The zero-order valence-electron chi connectivity index (χ0n) is 15.3. The Balaban J connectivity index is 1.32. The minimum Gasteiger partial charge on any atom is -0.352 e. The molecule has 2 aliphatic rings. The van der Waals surface area contributed by atoms with Crippen LogP contribution in [0.25, 0.3) is 5.65 Å². The highest BCUT2D eigenvalue weighted by Gasteiger charge is 2.29. The molecule has 5 rings (SSSR count). The third kappa shape index (κ3) is 3.51. The maximum atomic E-state index is 6.00. The summed E-state index contributed by atoms with van der Waals surface area (Å²) in [5.74, 6) is 2.63. The second-order valence-electron chi connectivity index (χ2n) is 7.52. The number of anilines is 1. The second kappa shape index (κ2) is 7.09. The molecule has 0 radical (unpaired) electrons. The molecule has 0 bridgehead atoms. The van der Waals surface area contributed by atoms with Gasteiger partial charge < -0.3 is 4.90 Å². The van der Waals surface area contributed by atoms with Crippen molar-refractivity contribution in [2.24, 2.45) is 0 Å². The number of nitrogens with zero attached hydrogens (tertiary/aromatic N) is 6. The molecule has 0 atom stereocenters. The molecule has 0 spiro atoms. The van der Waals surface area contributed by atoms with Gasteiger partial charge in [-0.05, 0) is 37.0 Å². The largest absolute Gasteiger partial charge is 0.352 e. The van der Waals surface area contributed by atoms with Crippen LogP contribution in [0.1, 0.15) is 36.6 Å². The zero-order valence-corrected chi connectivity index (χ0v) is 16.0. The van der Waals surface area contributed by atoms with Crippen molar-refractivity contribution in [1.29, 1.82) is 0 Å². The lowest BCUT2D eigenvalue weighted by Gasteiger charge is -2.23. The van der Waals surface area contributed by atoms with Crippen LogP contribution in [0.2, 0.25) is 5.02 Å². The van der Waals surface area contributed by atoms with Crippen LogP contribution in [-0.2, 0) is 6.54 Å². The van der Waals surface area contributed by atoms with Crippen LogP contribution in [0, 0.1) is 0 Å². The van der Waals surface area contributed by atoms with Gasteiger partial charge in [0.15, 0.2) is 5.82 Å². The summed E-state index contributed by atoms with van der Waals surface area (Å²) in [6, 6.07) is 8.16. The normalized spacial score (nSPS) is 18.8. The third-order valence-corrected chi connectivity index (χ3v) is 5.74. The van der Waals surface area contributed by atoms with Gasteiger partial charge in [0.1, 0.15) is 5.82 Å². The molecule has 3 heterocycles. The number of aromatic nitrogens is 4. The van der Waals surface area contributed by atoms with Crippen molar-refractivity contribution in [3.8, 4) is 0 Å². The van der Waals surface area contributed by atoms with Gasteiger partial charge in [0.05, 0.1) is 0 Å². The van der Waals surface area contributed by atoms with Crippen molar-refractivity contribution in [2.75, 3.05) is 31.1 Å². The molecule has 1 aliphatic carbocycles. The molecule has 0 unspecified atom stereocenters. The molecule has 7 heteroatoms. The Morgan fingerprint density at radius 1 is 1.00 bits per heavy atom. The molecule has 140 valence electrons. The van der Waals surface area contributed by atoms with Crippen molar-refractivity contribution in [3.63, 3.8) is 0 Å². The highest BCUT2D eigenvalue weighted by Crippen LogP contribution is 2.39. The lowest BCUT2D eigenvalue weighted by molar-refractivity contribution is 0.285. The van der Waals surface area contributed by atoms with Gasteiger partial charge in [-0.2, -0.15) is 0 Å². The molecule has 27 heavy (non-hydrogen) atoms. The fourth-order valence-electron chi connectivity index (χ4n) is 3.86. The Kier molecular flexibility index (Phi) is 4.45. The van der Waals surface area contributed by atoms with Gasteiger partial charge >= 0.3 is 0 Å². The summed E-state index contributed by atoms with van der Waals surface area (Å²) in [5, 5.41) is 9.69. The van der Waals surface area contributed by atoms with Crippen LogP contribution in [0.15, 0.2) is 36.7 Å². The monoisotopic (exact) mass is 382 g/mol. The Bertz CT molecular complexity index is 933. The minimum absolute atomic E-state index is 0.578. The maximum absolute atomic E-state index is 6.00. The van der Waals surface area contributed by atoms with Crippen LogP contribution >= 0.6 is 11.6 Å². The summed E-state index contributed by atoms with van der Waals surface area (Å²) in [5.41, 5.74) is 2.20. The SMILES string of the molecule is Clc1ccc(CN2CCCN(c3nccn4c(C5CC5)nnc34)CC2)cc1. The quantitative estimate of drug-likeness (QED) is 0.692. The summed E-state index contributed by atoms with van der Waals surface area (Å²) >= 11 is 6.00. The lowest BCUT2D eigenvalue weighted by atomic mass is 10.2. The van der Waals surface area contributed by atoms with Crippen molar-refractivity contribution < 1.29 is 0 Å². The van der Waals surface area contributed by atoms with Crippen LogP contribution < -0.4 is 4.90 Å². The number of halogens is 1. The van der Waals surface area contributed by atoms with Crippen molar-refractivity contribution in [1.82, 2.24) is 24.5 Å². The standard InChI is InChI=1S/C20H23ClN6/c21-17-6-2-15(3-7-17)14-25-9-1-10-26(13-12-25)19-20-24-23-18(16-4-5-16)27(20)11-8-22-19/h2-3,6-8,11,16H,1,4-5,9-10,12-14H2. The fraction of sp³-hybridized carbons (Fsp3) is 0.450. The van der Waals surface area contributed by atoms with Gasteiger partial charge in [-0.3, -0.25) is 9.30 Å². The average Bonchev–Trinajstić information content (AvgIpc) is 3.47. The van der Waals surface area contributed by atoms with Crippen molar-refractivity contribution in [3.05, 3.63) is 53.1 Å². The van der Waals surface area contributed by atoms with Gasteiger partial charge in [-0.25, -0.2) is 4.98 Å². The van der Waals surface area contributed by atoms with Gasteiger partial charge in [0, 0.05) is 56.1 Å².